The number of thiophene rings is 1. The molecule has 20 heavy (non-hydrogen) atoms. The molecule has 1 nitrogen and oxygen atoms in total. The van der Waals surface area contributed by atoms with Crippen LogP contribution in [-0.4, -0.2) is 0 Å². The summed E-state index contributed by atoms with van der Waals surface area (Å²) in [6, 6.07) is 8.95. The molecule has 0 saturated carbocycles. The molecule has 2 N–H and O–H groups in total. The minimum Gasteiger partial charge on any atom is -0.320 e. The maximum absolute atomic E-state index is 6.54. The first-order valence-electron chi connectivity index (χ1n) is 7.35. The van der Waals surface area contributed by atoms with E-state index in [4.69, 9.17) is 5.73 Å². The molecule has 1 heterocycles. The summed E-state index contributed by atoms with van der Waals surface area (Å²) >= 11 is 1.76. The number of benzene rings is 1. The first kappa shape index (κ1) is 15.3. The summed E-state index contributed by atoms with van der Waals surface area (Å²) in [5.74, 6) is 1.05. The van der Waals surface area contributed by atoms with E-state index in [0.717, 1.165) is 0 Å². The smallest absolute Gasteiger partial charge is 0.0651 e. The molecule has 0 aliphatic carbocycles. The van der Waals surface area contributed by atoms with Gasteiger partial charge in [0, 0.05) is 4.88 Å². The molecule has 0 amide bonds. The Morgan fingerprint density at radius 2 is 1.65 bits per heavy atom. The second-order valence-corrected chi connectivity index (χ2v) is 7.09. The van der Waals surface area contributed by atoms with Gasteiger partial charge in [-0.3, -0.25) is 0 Å². The van der Waals surface area contributed by atoms with Crippen molar-refractivity contribution in [1.82, 2.24) is 0 Å². The van der Waals surface area contributed by atoms with Crippen molar-refractivity contribution >= 4 is 11.3 Å². The van der Waals surface area contributed by atoms with Gasteiger partial charge in [-0.15, -0.1) is 11.3 Å². The highest BCUT2D eigenvalue weighted by molar-refractivity contribution is 7.10. The zero-order chi connectivity index (χ0) is 14.9. The van der Waals surface area contributed by atoms with Crippen LogP contribution >= 0.6 is 11.3 Å². The van der Waals surface area contributed by atoms with Crippen LogP contribution in [0.3, 0.4) is 0 Å². The van der Waals surface area contributed by atoms with Crippen LogP contribution in [0, 0.1) is 6.92 Å². The quantitative estimate of drug-likeness (QED) is 0.805. The molecule has 2 aromatic rings. The Bertz CT molecular complexity index is 581. The van der Waals surface area contributed by atoms with E-state index < -0.39 is 0 Å². The molecule has 1 aromatic carbocycles. The van der Waals surface area contributed by atoms with Gasteiger partial charge in [0.15, 0.2) is 0 Å². The van der Waals surface area contributed by atoms with Crippen LogP contribution in [0.15, 0.2) is 29.6 Å². The van der Waals surface area contributed by atoms with Gasteiger partial charge in [0.1, 0.15) is 0 Å². The van der Waals surface area contributed by atoms with Gasteiger partial charge in [-0.25, -0.2) is 0 Å². The van der Waals surface area contributed by atoms with Crippen molar-refractivity contribution in [3.8, 4) is 0 Å². The van der Waals surface area contributed by atoms with Crippen LogP contribution in [0.4, 0.5) is 0 Å². The minimum atomic E-state index is -0.00591. The molecule has 0 spiro atoms. The zero-order valence-electron chi connectivity index (χ0n) is 13.1. The lowest BCUT2D eigenvalue weighted by Gasteiger charge is -2.21. The Balaban J connectivity index is 2.48. The summed E-state index contributed by atoms with van der Waals surface area (Å²) in [4.78, 5) is 1.28. The number of hydrogen-bond acceptors (Lipinski definition) is 2. The topological polar surface area (TPSA) is 26.0 Å². The van der Waals surface area contributed by atoms with Crippen LogP contribution in [0.25, 0.3) is 0 Å². The summed E-state index contributed by atoms with van der Waals surface area (Å²) < 4.78 is 0. The molecule has 1 aromatic heterocycles. The lowest BCUT2D eigenvalue weighted by atomic mass is 9.88. The van der Waals surface area contributed by atoms with Crippen molar-refractivity contribution in [3.05, 3.63) is 56.8 Å². The fourth-order valence-corrected chi connectivity index (χ4v) is 3.53. The minimum absolute atomic E-state index is 0.00591. The van der Waals surface area contributed by atoms with E-state index in [-0.39, 0.29) is 6.04 Å². The standard InChI is InChI=1S/C18H25NS/c1-11(2)14-6-7-15(16(10-14)12(3)4)17(19)18-13(5)8-9-20-18/h6-12,17H,19H2,1-5H3. The van der Waals surface area contributed by atoms with Crippen LogP contribution in [0.1, 0.15) is 72.7 Å². The summed E-state index contributed by atoms with van der Waals surface area (Å²) in [5.41, 5.74) is 11.9. The normalized spacial score (nSPS) is 13.2. The predicted octanol–water partition coefficient (Wildman–Crippen LogP) is 5.35. The Morgan fingerprint density at radius 1 is 0.950 bits per heavy atom. The third-order valence-corrected chi connectivity index (χ3v) is 5.02. The first-order chi connectivity index (χ1) is 9.41. The van der Waals surface area contributed by atoms with E-state index in [1.807, 2.05) is 0 Å². The SMILES string of the molecule is Cc1ccsc1C(N)c1ccc(C(C)C)cc1C(C)C. The van der Waals surface area contributed by atoms with Crippen LogP contribution in [0.2, 0.25) is 0 Å². The van der Waals surface area contributed by atoms with E-state index in [9.17, 15) is 0 Å². The Kier molecular flexibility index (Phi) is 4.66. The number of aryl methyl sites for hydroxylation is 1. The van der Waals surface area contributed by atoms with Gasteiger partial charge in [0.25, 0.3) is 0 Å². The van der Waals surface area contributed by atoms with E-state index in [2.05, 4.69) is 64.3 Å². The van der Waals surface area contributed by atoms with Crippen LogP contribution in [0.5, 0.6) is 0 Å². The number of rotatable bonds is 4. The van der Waals surface area contributed by atoms with Crippen molar-refractivity contribution in [3.63, 3.8) is 0 Å². The number of hydrogen-bond donors (Lipinski definition) is 1. The molecule has 2 rings (SSSR count). The fraction of sp³-hybridized carbons (Fsp3) is 0.444. The molecule has 108 valence electrons. The average Bonchev–Trinajstić information content (AvgIpc) is 2.83. The van der Waals surface area contributed by atoms with E-state index in [1.165, 1.54) is 27.1 Å². The molecule has 0 aliphatic heterocycles. The van der Waals surface area contributed by atoms with Crippen molar-refractivity contribution < 1.29 is 0 Å². The Morgan fingerprint density at radius 3 is 2.15 bits per heavy atom. The highest BCUT2D eigenvalue weighted by Crippen LogP contribution is 2.33. The van der Waals surface area contributed by atoms with Crippen molar-refractivity contribution in [2.45, 2.75) is 52.5 Å². The lowest BCUT2D eigenvalue weighted by molar-refractivity contribution is 0.785. The monoisotopic (exact) mass is 287 g/mol. The lowest BCUT2D eigenvalue weighted by Crippen LogP contribution is -2.14. The van der Waals surface area contributed by atoms with E-state index >= 15 is 0 Å². The molecule has 0 fully saturated rings. The van der Waals surface area contributed by atoms with E-state index in [1.54, 1.807) is 11.3 Å². The van der Waals surface area contributed by atoms with Gasteiger partial charge in [0.2, 0.25) is 0 Å². The highest BCUT2D eigenvalue weighted by atomic mass is 32.1. The third-order valence-electron chi connectivity index (χ3n) is 3.92. The van der Waals surface area contributed by atoms with Crippen LogP contribution < -0.4 is 5.73 Å². The Labute approximate surface area is 126 Å². The highest BCUT2D eigenvalue weighted by Gasteiger charge is 2.18. The maximum Gasteiger partial charge on any atom is 0.0651 e. The molecular weight excluding hydrogens is 262 g/mol. The van der Waals surface area contributed by atoms with Crippen molar-refractivity contribution in [2.24, 2.45) is 5.73 Å². The predicted molar refractivity (Wildman–Crippen MR) is 89.7 cm³/mol. The summed E-state index contributed by atoms with van der Waals surface area (Å²) in [6.07, 6.45) is 0. The molecule has 2 heteroatoms. The van der Waals surface area contributed by atoms with Gasteiger partial charge in [0.05, 0.1) is 6.04 Å². The third kappa shape index (κ3) is 2.97. The second kappa shape index (κ2) is 6.11. The van der Waals surface area contributed by atoms with Gasteiger partial charge in [-0.2, -0.15) is 0 Å². The summed E-state index contributed by atoms with van der Waals surface area (Å²) in [5, 5.41) is 2.13. The molecule has 0 aliphatic rings. The second-order valence-electron chi connectivity index (χ2n) is 6.14. The largest absolute Gasteiger partial charge is 0.320 e. The van der Waals surface area contributed by atoms with E-state index in [0.29, 0.717) is 11.8 Å². The molecular formula is C18H25NS. The summed E-state index contributed by atoms with van der Waals surface area (Å²) in [7, 11) is 0. The Hall–Kier alpha value is -1.12. The van der Waals surface area contributed by atoms with Gasteiger partial charge in [-0.05, 0) is 52.5 Å². The van der Waals surface area contributed by atoms with Gasteiger partial charge >= 0.3 is 0 Å². The number of nitrogens with two attached hydrogens (primary N) is 1. The van der Waals surface area contributed by atoms with Crippen molar-refractivity contribution in [2.75, 3.05) is 0 Å². The van der Waals surface area contributed by atoms with Crippen molar-refractivity contribution in [1.29, 1.82) is 0 Å². The molecule has 0 radical (unpaired) electrons. The summed E-state index contributed by atoms with van der Waals surface area (Å²) in [6.45, 7) is 11.1. The van der Waals surface area contributed by atoms with Crippen LogP contribution in [-0.2, 0) is 0 Å². The average molecular weight is 287 g/mol. The molecule has 0 saturated heterocycles. The zero-order valence-corrected chi connectivity index (χ0v) is 13.9. The fourth-order valence-electron chi connectivity index (χ4n) is 2.58. The maximum atomic E-state index is 6.54. The van der Waals surface area contributed by atoms with Gasteiger partial charge < -0.3 is 5.73 Å². The molecule has 1 atom stereocenters. The molecule has 0 bridgehead atoms. The van der Waals surface area contributed by atoms with Gasteiger partial charge in [-0.1, -0.05) is 45.9 Å². The first-order valence-corrected chi connectivity index (χ1v) is 8.23. The molecule has 1 unspecified atom stereocenters.